The highest BCUT2D eigenvalue weighted by Crippen LogP contribution is 2.29. The number of benzene rings is 1. The number of carbonyl (C=O) groups is 1. The molecule has 0 fully saturated rings. The first-order chi connectivity index (χ1) is 11.6. The summed E-state index contributed by atoms with van der Waals surface area (Å²) in [6, 6.07) is 9.76. The fourth-order valence-electron chi connectivity index (χ4n) is 3.00. The van der Waals surface area contributed by atoms with Crippen molar-refractivity contribution < 1.29 is 9.90 Å². The second-order valence-electron chi connectivity index (χ2n) is 6.25. The van der Waals surface area contributed by atoms with Crippen molar-refractivity contribution in [2.24, 2.45) is 5.41 Å². The van der Waals surface area contributed by atoms with E-state index in [1.165, 1.54) is 0 Å². The summed E-state index contributed by atoms with van der Waals surface area (Å²) in [6.45, 7) is 6.81. The molecule has 1 aromatic heterocycles. The van der Waals surface area contributed by atoms with Gasteiger partial charge in [-0.2, -0.15) is 5.10 Å². The van der Waals surface area contributed by atoms with E-state index in [0.29, 0.717) is 18.5 Å². The number of aliphatic hydroxyl groups excluding tert-OH is 1. The normalized spacial score (nSPS) is 11.5. The summed E-state index contributed by atoms with van der Waals surface area (Å²) in [7, 11) is 0. The van der Waals surface area contributed by atoms with E-state index in [4.69, 9.17) is 0 Å². The number of nitrogens with one attached hydrogen (secondary N) is 1. The van der Waals surface area contributed by atoms with Gasteiger partial charge in [-0.15, -0.1) is 0 Å². The molecular weight excluding hydrogens is 302 g/mol. The number of carbonyl (C=O) groups excluding carboxylic acids is 1. The molecule has 24 heavy (non-hydrogen) atoms. The van der Waals surface area contributed by atoms with E-state index < -0.39 is 0 Å². The Labute approximate surface area is 143 Å². The van der Waals surface area contributed by atoms with Crippen LogP contribution in [0.4, 0.5) is 0 Å². The zero-order valence-electron chi connectivity index (χ0n) is 14.7. The summed E-state index contributed by atoms with van der Waals surface area (Å²) in [5.74, 6) is -0.112. The molecule has 1 aromatic carbocycles. The molecule has 0 saturated heterocycles. The largest absolute Gasteiger partial charge is 0.396 e. The van der Waals surface area contributed by atoms with Gasteiger partial charge < -0.3 is 10.4 Å². The monoisotopic (exact) mass is 329 g/mol. The van der Waals surface area contributed by atoms with Crippen molar-refractivity contribution in [2.75, 3.05) is 13.2 Å². The molecular formula is C19H27N3O2. The van der Waals surface area contributed by atoms with Crippen molar-refractivity contribution in [2.45, 2.75) is 40.0 Å². The maximum absolute atomic E-state index is 12.6. The third-order valence-corrected chi connectivity index (χ3v) is 5.02. The van der Waals surface area contributed by atoms with Crippen molar-refractivity contribution >= 4 is 5.91 Å². The first-order valence-corrected chi connectivity index (χ1v) is 8.56. The van der Waals surface area contributed by atoms with Crippen LogP contribution in [0.2, 0.25) is 0 Å². The third-order valence-electron chi connectivity index (χ3n) is 5.02. The number of nitrogens with zero attached hydrogens (tertiary/aromatic N) is 2. The molecule has 1 heterocycles. The second-order valence-corrected chi connectivity index (χ2v) is 6.25. The van der Waals surface area contributed by atoms with Gasteiger partial charge in [-0.1, -0.05) is 32.0 Å². The van der Waals surface area contributed by atoms with Gasteiger partial charge in [0.2, 0.25) is 0 Å². The number of aromatic nitrogens is 2. The summed E-state index contributed by atoms with van der Waals surface area (Å²) in [5, 5.41) is 16.7. The minimum Gasteiger partial charge on any atom is -0.396 e. The van der Waals surface area contributed by atoms with Gasteiger partial charge in [0.25, 0.3) is 5.91 Å². The maximum Gasteiger partial charge on any atom is 0.254 e. The molecule has 0 radical (unpaired) electrons. The molecule has 1 amide bonds. The molecule has 2 aromatic rings. The molecule has 2 N–H and O–H groups in total. The Morgan fingerprint density at radius 1 is 1.25 bits per heavy atom. The van der Waals surface area contributed by atoms with Crippen LogP contribution >= 0.6 is 0 Å². The molecule has 5 nitrogen and oxygen atoms in total. The predicted molar refractivity (Wildman–Crippen MR) is 95.4 cm³/mol. The number of aliphatic hydroxyl groups is 1. The van der Waals surface area contributed by atoms with Gasteiger partial charge in [0, 0.05) is 13.2 Å². The number of hydrogen-bond acceptors (Lipinski definition) is 3. The minimum atomic E-state index is -0.112. The Hall–Kier alpha value is -2.14. The number of amides is 1. The lowest BCUT2D eigenvalue weighted by Gasteiger charge is -2.31. The van der Waals surface area contributed by atoms with Crippen molar-refractivity contribution in [3.8, 4) is 5.69 Å². The van der Waals surface area contributed by atoms with Crippen LogP contribution < -0.4 is 5.32 Å². The number of hydrogen-bond donors (Lipinski definition) is 2. The highest BCUT2D eigenvalue weighted by Gasteiger charge is 2.27. The SMILES string of the molecule is CCC(CC)(CCO)CNC(=O)c1cnn(-c2ccccc2)c1C. The molecule has 0 aliphatic carbocycles. The van der Waals surface area contributed by atoms with Gasteiger partial charge in [0.1, 0.15) is 0 Å². The van der Waals surface area contributed by atoms with Crippen LogP contribution in [0.15, 0.2) is 36.5 Å². The second kappa shape index (κ2) is 8.11. The molecule has 0 bridgehead atoms. The van der Waals surface area contributed by atoms with Gasteiger partial charge in [0.05, 0.1) is 23.1 Å². The van der Waals surface area contributed by atoms with Crippen LogP contribution in [0.1, 0.15) is 49.2 Å². The average Bonchev–Trinajstić information content (AvgIpc) is 3.01. The molecule has 0 aliphatic rings. The van der Waals surface area contributed by atoms with Crippen LogP contribution in [0, 0.1) is 12.3 Å². The third kappa shape index (κ3) is 3.85. The molecule has 0 unspecified atom stereocenters. The summed E-state index contributed by atoms with van der Waals surface area (Å²) in [4.78, 5) is 12.6. The first-order valence-electron chi connectivity index (χ1n) is 8.56. The van der Waals surface area contributed by atoms with Crippen LogP contribution in [0.25, 0.3) is 5.69 Å². The summed E-state index contributed by atoms with van der Waals surface area (Å²) in [5.41, 5.74) is 2.29. The van der Waals surface area contributed by atoms with E-state index in [2.05, 4.69) is 24.3 Å². The van der Waals surface area contributed by atoms with E-state index in [9.17, 15) is 9.90 Å². The molecule has 0 spiro atoms. The molecule has 0 aliphatic heterocycles. The van der Waals surface area contributed by atoms with Crippen LogP contribution in [-0.4, -0.2) is 33.9 Å². The summed E-state index contributed by atoms with van der Waals surface area (Å²) < 4.78 is 1.77. The highest BCUT2D eigenvalue weighted by atomic mass is 16.3. The summed E-state index contributed by atoms with van der Waals surface area (Å²) >= 11 is 0. The van der Waals surface area contributed by atoms with E-state index in [1.807, 2.05) is 37.3 Å². The van der Waals surface area contributed by atoms with Gasteiger partial charge in [-0.25, -0.2) is 4.68 Å². The average molecular weight is 329 g/mol. The lowest BCUT2D eigenvalue weighted by atomic mass is 9.79. The Kier molecular flexibility index (Phi) is 6.15. The van der Waals surface area contributed by atoms with Crippen LogP contribution in [0.3, 0.4) is 0 Å². The highest BCUT2D eigenvalue weighted by molar-refractivity contribution is 5.95. The number of rotatable bonds is 8. The van der Waals surface area contributed by atoms with Crippen LogP contribution in [0.5, 0.6) is 0 Å². The van der Waals surface area contributed by atoms with Gasteiger partial charge >= 0.3 is 0 Å². The van der Waals surface area contributed by atoms with Gasteiger partial charge in [0.15, 0.2) is 0 Å². The Balaban J connectivity index is 2.12. The maximum atomic E-state index is 12.6. The van der Waals surface area contributed by atoms with Crippen molar-refractivity contribution in [1.82, 2.24) is 15.1 Å². The zero-order valence-corrected chi connectivity index (χ0v) is 14.7. The van der Waals surface area contributed by atoms with Crippen molar-refractivity contribution in [3.05, 3.63) is 47.8 Å². The molecule has 0 saturated carbocycles. The van der Waals surface area contributed by atoms with E-state index in [0.717, 1.165) is 24.2 Å². The topological polar surface area (TPSA) is 67.2 Å². The van der Waals surface area contributed by atoms with E-state index in [1.54, 1.807) is 10.9 Å². The standard InChI is InChI=1S/C19H27N3O2/c1-4-19(5-2,11-12-23)14-20-18(24)17-13-21-22(15(17)3)16-9-7-6-8-10-16/h6-10,13,23H,4-5,11-12,14H2,1-3H3,(H,20,24). The summed E-state index contributed by atoms with van der Waals surface area (Å²) in [6.07, 6.45) is 4.16. The smallest absolute Gasteiger partial charge is 0.254 e. The van der Waals surface area contributed by atoms with Crippen molar-refractivity contribution in [3.63, 3.8) is 0 Å². The van der Waals surface area contributed by atoms with E-state index in [-0.39, 0.29) is 17.9 Å². The number of para-hydroxylation sites is 1. The van der Waals surface area contributed by atoms with Crippen molar-refractivity contribution in [1.29, 1.82) is 0 Å². The minimum absolute atomic E-state index is 0.0479. The van der Waals surface area contributed by atoms with E-state index >= 15 is 0 Å². The molecule has 2 rings (SSSR count). The molecule has 5 heteroatoms. The Morgan fingerprint density at radius 2 is 1.92 bits per heavy atom. The first kappa shape index (κ1) is 18.2. The Morgan fingerprint density at radius 3 is 2.50 bits per heavy atom. The lowest BCUT2D eigenvalue weighted by Crippen LogP contribution is -2.37. The fourth-order valence-corrected chi connectivity index (χ4v) is 3.00. The fraction of sp³-hybridized carbons (Fsp3) is 0.474. The lowest BCUT2D eigenvalue weighted by molar-refractivity contribution is 0.0906. The molecule has 0 atom stereocenters. The van der Waals surface area contributed by atoms with Gasteiger partial charge in [-0.3, -0.25) is 4.79 Å². The zero-order chi connectivity index (χ0) is 17.6. The molecule has 130 valence electrons. The quantitative estimate of drug-likeness (QED) is 0.782. The van der Waals surface area contributed by atoms with Crippen LogP contribution in [-0.2, 0) is 0 Å². The Bertz CT molecular complexity index is 661. The van der Waals surface area contributed by atoms with Gasteiger partial charge in [-0.05, 0) is 43.7 Å². The predicted octanol–water partition coefficient (Wildman–Crippen LogP) is 3.10.